The molecule has 2 rings (SSSR count). The lowest BCUT2D eigenvalue weighted by molar-refractivity contribution is -0.384. The summed E-state index contributed by atoms with van der Waals surface area (Å²) in [6.07, 6.45) is 1.59. The van der Waals surface area contributed by atoms with E-state index in [-0.39, 0.29) is 17.5 Å². The molecular formula is C14H15N3O4. The van der Waals surface area contributed by atoms with Crippen molar-refractivity contribution in [1.29, 1.82) is 0 Å². The number of rotatable bonds is 5. The smallest absolute Gasteiger partial charge is 0.273 e. The summed E-state index contributed by atoms with van der Waals surface area (Å²) >= 11 is 0. The van der Waals surface area contributed by atoms with Gasteiger partial charge in [-0.25, -0.2) is 4.98 Å². The number of ether oxygens (including phenoxy) is 2. The van der Waals surface area contributed by atoms with Gasteiger partial charge in [-0.1, -0.05) is 0 Å². The quantitative estimate of drug-likeness (QED) is 0.671. The van der Waals surface area contributed by atoms with E-state index >= 15 is 0 Å². The van der Waals surface area contributed by atoms with Crippen LogP contribution in [0.15, 0.2) is 36.5 Å². The molecule has 1 atom stereocenters. The van der Waals surface area contributed by atoms with E-state index in [9.17, 15) is 10.1 Å². The van der Waals surface area contributed by atoms with Crippen molar-refractivity contribution in [2.24, 2.45) is 5.73 Å². The molecule has 1 aromatic heterocycles. The lowest BCUT2D eigenvalue weighted by atomic mass is 10.1. The van der Waals surface area contributed by atoms with Gasteiger partial charge in [-0.15, -0.1) is 0 Å². The highest BCUT2D eigenvalue weighted by Gasteiger charge is 2.13. The number of hydrogen-bond donors (Lipinski definition) is 1. The van der Waals surface area contributed by atoms with Crippen LogP contribution in [0, 0.1) is 10.1 Å². The Balaban J connectivity index is 2.31. The largest absolute Gasteiger partial charge is 0.493 e. The molecule has 7 heteroatoms. The topological polar surface area (TPSA) is 101 Å². The van der Waals surface area contributed by atoms with Crippen LogP contribution in [0.3, 0.4) is 0 Å². The Morgan fingerprint density at radius 2 is 2.05 bits per heavy atom. The van der Waals surface area contributed by atoms with Crippen molar-refractivity contribution in [3.8, 4) is 17.4 Å². The molecule has 1 heterocycles. The molecule has 21 heavy (non-hydrogen) atoms. The zero-order valence-corrected chi connectivity index (χ0v) is 11.6. The second-order valence-corrected chi connectivity index (χ2v) is 4.41. The maximum absolute atomic E-state index is 10.7. The van der Waals surface area contributed by atoms with Crippen LogP contribution in [0.25, 0.3) is 0 Å². The minimum Gasteiger partial charge on any atom is -0.493 e. The molecule has 2 N–H and O–H groups in total. The molecule has 0 aliphatic carbocycles. The summed E-state index contributed by atoms with van der Waals surface area (Å²) in [6, 6.07) is 7.47. The van der Waals surface area contributed by atoms with Gasteiger partial charge in [0.15, 0.2) is 11.5 Å². The second-order valence-electron chi connectivity index (χ2n) is 4.41. The van der Waals surface area contributed by atoms with Crippen LogP contribution in [-0.4, -0.2) is 17.0 Å². The first-order valence-electron chi connectivity index (χ1n) is 6.23. The van der Waals surface area contributed by atoms with Crippen molar-refractivity contribution in [3.05, 3.63) is 52.2 Å². The molecule has 0 bridgehead atoms. The van der Waals surface area contributed by atoms with Crippen molar-refractivity contribution >= 4 is 5.69 Å². The molecule has 0 aliphatic heterocycles. The van der Waals surface area contributed by atoms with Crippen LogP contribution < -0.4 is 15.2 Å². The Morgan fingerprint density at radius 3 is 2.67 bits per heavy atom. The first kappa shape index (κ1) is 14.7. The van der Waals surface area contributed by atoms with Gasteiger partial charge in [-0.3, -0.25) is 10.1 Å². The van der Waals surface area contributed by atoms with Crippen LogP contribution in [-0.2, 0) is 0 Å². The highest BCUT2D eigenvalue weighted by atomic mass is 16.6. The summed E-state index contributed by atoms with van der Waals surface area (Å²) in [5.41, 5.74) is 6.61. The number of benzene rings is 1. The number of nitro benzene ring substituents is 1. The van der Waals surface area contributed by atoms with E-state index in [0.717, 1.165) is 5.56 Å². The number of aromatic nitrogens is 1. The lowest BCUT2D eigenvalue weighted by Crippen LogP contribution is -2.05. The molecule has 0 fully saturated rings. The number of nitrogens with zero attached hydrogens (tertiary/aromatic N) is 2. The summed E-state index contributed by atoms with van der Waals surface area (Å²) < 4.78 is 10.7. The third-order valence-electron chi connectivity index (χ3n) is 2.86. The third-order valence-corrected chi connectivity index (χ3v) is 2.86. The number of non-ortho nitro benzene ring substituents is 1. The molecule has 110 valence electrons. The van der Waals surface area contributed by atoms with E-state index in [1.165, 1.54) is 25.3 Å². The molecule has 0 saturated heterocycles. The molecule has 2 aromatic rings. The predicted octanol–water partition coefficient (Wildman–Crippen LogP) is 2.81. The fraction of sp³-hybridized carbons (Fsp3) is 0.214. The van der Waals surface area contributed by atoms with Gasteiger partial charge in [0, 0.05) is 24.4 Å². The summed E-state index contributed by atoms with van der Waals surface area (Å²) in [4.78, 5) is 14.3. The van der Waals surface area contributed by atoms with Gasteiger partial charge in [-0.05, 0) is 24.6 Å². The van der Waals surface area contributed by atoms with Crippen LogP contribution in [0.1, 0.15) is 18.5 Å². The maximum Gasteiger partial charge on any atom is 0.273 e. The zero-order valence-electron chi connectivity index (χ0n) is 11.6. The van der Waals surface area contributed by atoms with Gasteiger partial charge in [0.2, 0.25) is 5.88 Å². The molecule has 0 saturated carbocycles. The molecular weight excluding hydrogens is 274 g/mol. The lowest BCUT2D eigenvalue weighted by Gasteiger charge is -2.11. The molecule has 0 radical (unpaired) electrons. The van der Waals surface area contributed by atoms with E-state index < -0.39 is 4.92 Å². The fourth-order valence-electron chi connectivity index (χ4n) is 1.73. The Labute approximate surface area is 121 Å². The molecule has 0 amide bonds. The average molecular weight is 289 g/mol. The minimum absolute atomic E-state index is 0.0727. The number of hydrogen-bond acceptors (Lipinski definition) is 6. The van der Waals surface area contributed by atoms with Gasteiger partial charge in [0.05, 0.1) is 18.1 Å². The van der Waals surface area contributed by atoms with E-state index in [0.29, 0.717) is 11.6 Å². The first-order chi connectivity index (χ1) is 10.0. The number of pyridine rings is 1. The monoisotopic (exact) mass is 289 g/mol. The van der Waals surface area contributed by atoms with Gasteiger partial charge in [-0.2, -0.15) is 0 Å². The molecule has 1 unspecified atom stereocenters. The Bertz CT molecular complexity index is 658. The van der Waals surface area contributed by atoms with E-state index in [1.54, 1.807) is 18.3 Å². The van der Waals surface area contributed by atoms with E-state index in [2.05, 4.69) is 4.98 Å². The van der Waals surface area contributed by atoms with Crippen molar-refractivity contribution in [2.45, 2.75) is 13.0 Å². The summed E-state index contributed by atoms with van der Waals surface area (Å²) in [5, 5.41) is 10.7. The summed E-state index contributed by atoms with van der Waals surface area (Å²) in [6.45, 7) is 1.85. The number of methoxy groups -OCH3 is 1. The SMILES string of the molecule is COc1cc([N+](=O)[O-])ccc1Oc1cc(C(C)N)ccn1. The van der Waals surface area contributed by atoms with Gasteiger partial charge < -0.3 is 15.2 Å². The van der Waals surface area contributed by atoms with E-state index in [1.807, 2.05) is 6.92 Å². The second kappa shape index (κ2) is 6.19. The Kier molecular flexibility index (Phi) is 4.34. The summed E-state index contributed by atoms with van der Waals surface area (Å²) in [7, 11) is 1.41. The van der Waals surface area contributed by atoms with Crippen LogP contribution in [0.4, 0.5) is 5.69 Å². The van der Waals surface area contributed by atoms with Crippen molar-refractivity contribution in [2.75, 3.05) is 7.11 Å². The zero-order chi connectivity index (χ0) is 15.4. The van der Waals surface area contributed by atoms with Crippen LogP contribution >= 0.6 is 0 Å². The van der Waals surface area contributed by atoms with Gasteiger partial charge in [0.1, 0.15) is 0 Å². The number of nitro groups is 1. The normalized spacial score (nSPS) is 11.8. The highest BCUT2D eigenvalue weighted by Crippen LogP contribution is 2.34. The minimum atomic E-state index is -0.499. The standard InChI is InChI=1S/C14H15N3O4/c1-9(15)10-5-6-16-14(7-10)21-12-4-3-11(17(18)19)8-13(12)20-2/h3-9H,15H2,1-2H3. The Morgan fingerprint density at radius 1 is 1.29 bits per heavy atom. The van der Waals surface area contributed by atoms with Crippen molar-refractivity contribution in [3.63, 3.8) is 0 Å². The van der Waals surface area contributed by atoms with Crippen molar-refractivity contribution < 1.29 is 14.4 Å². The predicted molar refractivity (Wildman–Crippen MR) is 76.6 cm³/mol. The molecule has 0 aliphatic rings. The average Bonchev–Trinajstić information content (AvgIpc) is 2.47. The van der Waals surface area contributed by atoms with Crippen molar-refractivity contribution in [1.82, 2.24) is 4.98 Å². The molecule has 1 aromatic carbocycles. The summed E-state index contributed by atoms with van der Waals surface area (Å²) in [5.74, 6) is 0.951. The number of nitrogens with two attached hydrogens (primary N) is 1. The van der Waals surface area contributed by atoms with Crippen LogP contribution in [0.5, 0.6) is 17.4 Å². The molecule has 0 spiro atoms. The Hall–Kier alpha value is -2.67. The highest BCUT2D eigenvalue weighted by molar-refractivity contribution is 5.49. The van der Waals surface area contributed by atoms with E-state index in [4.69, 9.17) is 15.2 Å². The van der Waals surface area contributed by atoms with Gasteiger partial charge in [0.25, 0.3) is 5.69 Å². The van der Waals surface area contributed by atoms with Crippen LogP contribution in [0.2, 0.25) is 0 Å². The third kappa shape index (κ3) is 3.46. The maximum atomic E-state index is 10.7. The van der Waals surface area contributed by atoms with Gasteiger partial charge >= 0.3 is 0 Å². The molecule has 7 nitrogen and oxygen atoms in total. The fourth-order valence-corrected chi connectivity index (χ4v) is 1.73. The first-order valence-corrected chi connectivity index (χ1v) is 6.23.